The first-order chi connectivity index (χ1) is 11.0. The molecule has 122 valence electrons. The number of aliphatic carboxylic acids is 1. The van der Waals surface area contributed by atoms with E-state index in [4.69, 9.17) is 15.9 Å². The molecule has 0 bridgehead atoms. The van der Waals surface area contributed by atoms with E-state index in [9.17, 15) is 14.7 Å². The fraction of sp³-hybridized carbons (Fsp3) is 0.412. The number of terminal acetylenes is 1. The lowest BCUT2D eigenvalue weighted by Crippen LogP contribution is -2.40. The summed E-state index contributed by atoms with van der Waals surface area (Å²) in [7, 11) is 1.46. The number of carboxylic acids is 1. The minimum Gasteiger partial charge on any atom is -0.481 e. The average molecular weight is 317 g/mol. The highest BCUT2D eigenvalue weighted by Crippen LogP contribution is 2.32. The Hall–Kier alpha value is -2.52. The zero-order valence-corrected chi connectivity index (χ0v) is 12.9. The van der Waals surface area contributed by atoms with Crippen molar-refractivity contribution in [1.82, 2.24) is 4.90 Å². The van der Waals surface area contributed by atoms with E-state index < -0.39 is 11.4 Å². The van der Waals surface area contributed by atoms with Crippen molar-refractivity contribution in [3.8, 4) is 18.1 Å². The first kappa shape index (κ1) is 16.8. The summed E-state index contributed by atoms with van der Waals surface area (Å²) in [6.07, 6.45) is 5.50. The Morgan fingerprint density at radius 1 is 1.39 bits per heavy atom. The van der Waals surface area contributed by atoms with E-state index in [0.29, 0.717) is 24.3 Å². The van der Waals surface area contributed by atoms with E-state index in [-0.39, 0.29) is 25.7 Å². The zero-order valence-electron chi connectivity index (χ0n) is 12.9. The van der Waals surface area contributed by atoms with Crippen molar-refractivity contribution < 1.29 is 24.2 Å². The number of carbonyl (C=O) groups is 2. The highest BCUT2D eigenvalue weighted by atomic mass is 16.5. The van der Waals surface area contributed by atoms with Crippen LogP contribution in [-0.4, -0.2) is 55.3 Å². The molecule has 6 nitrogen and oxygen atoms in total. The van der Waals surface area contributed by atoms with Gasteiger partial charge < -0.3 is 19.5 Å². The van der Waals surface area contributed by atoms with E-state index >= 15 is 0 Å². The van der Waals surface area contributed by atoms with Crippen LogP contribution < -0.4 is 4.74 Å². The van der Waals surface area contributed by atoms with Gasteiger partial charge in [-0.1, -0.05) is 5.92 Å². The fourth-order valence-corrected chi connectivity index (χ4v) is 2.68. The molecule has 1 N–H and O–H groups in total. The summed E-state index contributed by atoms with van der Waals surface area (Å²) in [5, 5.41) is 9.43. The predicted octanol–water partition coefficient (Wildman–Crippen LogP) is 1.26. The third-order valence-corrected chi connectivity index (χ3v) is 3.94. The van der Waals surface area contributed by atoms with E-state index in [0.717, 1.165) is 0 Å². The van der Waals surface area contributed by atoms with Crippen LogP contribution in [0.2, 0.25) is 0 Å². The van der Waals surface area contributed by atoms with Crippen LogP contribution >= 0.6 is 0 Å². The van der Waals surface area contributed by atoms with Crippen molar-refractivity contribution in [3.63, 3.8) is 0 Å². The van der Waals surface area contributed by atoms with Crippen LogP contribution in [0.4, 0.5) is 0 Å². The summed E-state index contributed by atoms with van der Waals surface area (Å²) in [5.74, 6) is 1.81. The molecule has 0 radical (unpaired) electrons. The van der Waals surface area contributed by atoms with Crippen molar-refractivity contribution in [1.29, 1.82) is 0 Å². The van der Waals surface area contributed by atoms with Gasteiger partial charge >= 0.3 is 5.97 Å². The molecule has 1 aromatic rings. The van der Waals surface area contributed by atoms with E-state index in [1.54, 1.807) is 29.2 Å². The summed E-state index contributed by atoms with van der Waals surface area (Å²) in [5.41, 5.74) is -0.545. The average Bonchev–Trinajstić information content (AvgIpc) is 2.99. The Labute approximate surface area is 135 Å². The standard InChI is InChI=1S/C17H19NO5/c1-3-10-23-14-6-4-13(5-7-14)15(19)18-9-8-17(11-18,12-22-2)16(20)21/h1,4-7H,8-12H2,2H3,(H,20,21). The molecular formula is C17H19NO5. The SMILES string of the molecule is C#CCOc1ccc(C(=O)N2CCC(COC)(C(=O)O)C2)cc1. The van der Waals surface area contributed by atoms with Crippen LogP contribution in [-0.2, 0) is 9.53 Å². The number of carbonyl (C=O) groups excluding carboxylic acids is 1. The maximum Gasteiger partial charge on any atom is 0.313 e. The van der Waals surface area contributed by atoms with Gasteiger partial charge in [0, 0.05) is 25.8 Å². The van der Waals surface area contributed by atoms with Gasteiger partial charge in [-0.25, -0.2) is 0 Å². The molecule has 23 heavy (non-hydrogen) atoms. The Kier molecular flexibility index (Phi) is 5.24. The van der Waals surface area contributed by atoms with E-state index in [1.165, 1.54) is 7.11 Å². The topological polar surface area (TPSA) is 76.1 Å². The predicted molar refractivity (Wildman–Crippen MR) is 83.2 cm³/mol. The number of rotatable bonds is 6. The summed E-state index contributed by atoms with van der Waals surface area (Å²) in [4.78, 5) is 25.6. The maximum atomic E-state index is 12.5. The van der Waals surface area contributed by atoms with E-state index in [2.05, 4.69) is 5.92 Å². The van der Waals surface area contributed by atoms with E-state index in [1.807, 2.05) is 0 Å². The van der Waals surface area contributed by atoms with Crippen molar-refractivity contribution >= 4 is 11.9 Å². The van der Waals surface area contributed by atoms with Crippen molar-refractivity contribution in [2.24, 2.45) is 5.41 Å². The molecule has 1 unspecified atom stereocenters. The first-order valence-corrected chi connectivity index (χ1v) is 7.20. The van der Waals surface area contributed by atoms with Gasteiger partial charge in [0.1, 0.15) is 17.8 Å². The van der Waals surface area contributed by atoms with Crippen molar-refractivity contribution in [2.75, 3.05) is 33.4 Å². The summed E-state index contributed by atoms with van der Waals surface area (Å²) in [6.45, 7) is 0.788. The van der Waals surface area contributed by atoms with Gasteiger partial charge in [-0.05, 0) is 30.7 Å². The third-order valence-electron chi connectivity index (χ3n) is 3.94. The summed E-state index contributed by atoms with van der Waals surface area (Å²) < 4.78 is 10.3. The van der Waals surface area contributed by atoms with Gasteiger partial charge in [-0.3, -0.25) is 9.59 Å². The molecule has 1 aliphatic rings. The highest BCUT2D eigenvalue weighted by molar-refractivity contribution is 5.95. The fourth-order valence-electron chi connectivity index (χ4n) is 2.68. The molecule has 0 saturated carbocycles. The molecule has 0 spiro atoms. The molecule has 1 saturated heterocycles. The largest absolute Gasteiger partial charge is 0.481 e. The first-order valence-electron chi connectivity index (χ1n) is 7.20. The number of carboxylic acid groups (broad SMARTS) is 1. The minimum atomic E-state index is -1.03. The van der Waals surface area contributed by atoms with Crippen LogP contribution in [0.25, 0.3) is 0 Å². The molecule has 1 fully saturated rings. The molecule has 0 aliphatic carbocycles. The molecule has 2 rings (SSSR count). The molecular weight excluding hydrogens is 298 g/mol. The Morgan fingerprint density at radius 2 is 2.09 bits per heavy atom. The number of ether oxygens (including phenoxy) is 2. The minimum absolute atomic E-state index is 0.0883. The van der Waals surface area contributed by atoms with Crippen LogP contribution in [0, 0.1) is 17.8 Å². The van der Waals surface area contributed by atoms with Gasteiger partial charge in [0.25, 0.3) is 5.91 Å². The van der Waals surface area contributed by atoms with Gasteiger partial charge in [-0.15, -0.1) is 6.42 Å². The highest BCUT2D eigenvalue weighted by Gasteiger charge is 2.46. The van der Waals surface area contributed by atoms with Gasteiger partial charge in [0.15, 0.2) is 0 Å². The Balaban J connectivity index is 2.07. The number of methoxy groups -OCH3 is 1. The lowest BCUT2D eigenvalue weighted by molar-refractivity contribution is -0.151. The van der Waals surface area contributed by atoms with Crippen LogP contribution in [0.1, 0.15) is 16.8 Å². The van der Waals surface area contributed by atoms with Crippen LogP contribution in [0.5, 0.6) is 5.75 Å². The molecule has 6 heteroatoms. The number of amides is 1. The lowest BCUT2D eigenvalue weighted by atomic mass is 9.88. The normalized spacial score (nSPS) is 20.1. The second-order valence-corrected chi connectivity index (χ2v) is 5.51. The number of hydrogen-bond acceptors (Lipinski definition) is 4. The summed E-state index contributed by atoms with van der Waals surface area (Å²) in [6, 6.07) is 6.62. The second kappa shape index (κ2) is 7.16. The monoisotopic (exact) mass is 317 g/mol. The quantitative estimate of drug-likeness (QED) is 0.800. The molecule has 1 amide bonds. The summed E-state index contributed by atoms with van der Waals surface area (Å²) >= 11 is 0. The second-order valence-electron chi connectivity index (χ2n) is 5.51. The molecule has 1 aliphatic heterocycles. The molecule has 1 aromatic carbocycles. The molecule has 1 atom stereocenters. The number of benzene rings is 1. The maximum absolute atomic E-state index is 12.5. The van der Waals surface area contributed by atoms with Crippen molar-refractivity contribution in [2.45, 2.75) is 6.42 Å². The van der Waals surface area contributed by atoms with Crippen molar-refractivity contribution in [3.05, 3.63) is 29.8 Å². The number of hydrogen-bond donors (Lipinski definition) is 1. The Morgan fingerprint density at radius 3 is 2.65 bits per heavy atom. The number of likely N-dealkylation sites (tertiary alicyclic amines) is 1. The van der Waals surface area contributed by atoms with Gasteiger partial charge in [0.05, 0.1) is 6.61 Å². The van der Waals surface area contributed by atoms with Crippen LogP contribution in [0.3, 0.4) is 0 Å². The zero-order chi connectivity index (χ0) is 16.9. The van der Waals surface area contributed by atoms with Gasteiger partial charge in [-0.2, -0.15) is 0 Å². The number of nitrogens with zero attached hydrogens (tertiary/aromatic N) is 1. The lowest BCUT2D eigenvalue weighted by Gasteiger charge is -2.23. The Bertz CT molecular complexity index is 619. The molecule has 0 aromatic heterocycles. The van der Waals surface area contributed by atoms with Gasteiger partial charge in [0.2, 0.25) is 0 Å². The smallest absolute Gasteiger partial charge is 0.313 e. The van der Waals surface area contributed by atoms with Crippen LogP contribution in [0.15, 0.2) is 24.3 Å². The molecule has 1 heterocycles. The third kappa shape index (κ3) is 3.63.